The number of anilines is 1. The van der Waals surface area contributed by atoms with Crippen LogP contribution in [0.5, 0.6) is 5.88 Å². The molecule has 1 unspecified atom stereocenters. The largest absolute Gasteiger partial charge is 0.476 e. The molecule has 2 rings (SSSR count). The number of nitrogens with zero attached hydrogens (tertiary/aromatic N) is 4. The van der Waals surface area contributed by atoms with Gasteiger partial charge in [-0.2, -0.15) is 4.98 Å². The Labute approximate surface area is 104 Å². The average molecular weight is 253 g/mol. The molecule has 1 N–H and O–H groups in total. The Balaban J connectivity index is 2.24. The Kier molecular flexibility index (Phi) is 3.56. The molecule has 1 saturated heterocycles. The summed E-state index contributed by atoms with van der Waals surface area (Å²) in [7, 11) is 3.36. The molecule has 1 aromatic heterocycles. The molecular weight excluding hydrogens is 238 g/mol. The molecule has 0 amide bonds. The van der Waals surface area contributed by atoms with Crippen molar-refractivity contribution in [2.75, 3.05) is 32.6 Å². The maximum Gasteiger partial charge on any atom is 0.372 e. The molecule has 0 aliphatic carbocycles. The summed E-state index contributed by atoms with van der Waals surface area (Å²) in [6.45, 7) is 1.80. The molecule has 1 aromatic rings. The molecule has 1 aliphatic heterocycles. The molecule has 0 bridgehead atoms. The van der Waals surface area contributed by atoms with E-state index in [2.05, 4.69) is 20.2 Å². The summed E-state index contributed by atoms with van der Waals surface area (Å²) in [6, 6.07) is 0.160. The van der Waals surface area contributed by atoms with E-state index in [0.29, 0.717) is 0 Å². The predicted octanol–water partition coefficient (Wildman–Crippen LogP) is 0.509. The first-order valence-electron chi connectivity index (χ1n) is 5.60. The maximum atomic E-state index is 11.0. The van der Waals surface area contributed by atoms with Crippen LogP contribution in [0.1, 0.15) is 6.42 Å². The van der Waals surface area contributed by atoms with Gasteiger partial charge in [-0.3, -0.25) is 10.1 Å². The number of methoxy groups -OCH3 is 1. The van der Waals surface area contributed by atoms with Crippen LogP contribution < -0.4 is 10.1 Å². The third-order valence-electron chi connectivity index (χ3n) is 2.90. The number of likely N-dealkylation sites (N-methyl/N-ethyl adjacent to an activating group) is 1. The molecule has 18 heavy (non-hydrogen) atoms. The molecule has 2 heterocycles. The Morgan fingerprint density at radius 3 is 2.94 bits per heavy atom. The molecule has 1 atom stereocenters. The highest BCUT2D eigenvalue weighted by Crippen LogP contribution is 2.31. The molecule has 0 saturated carbocycles. The SMILES string of the molecule is COc1ncnc(NC2CCN(C)C2)c1[N+](=O)[O-]. The maximum absolute atomic E-state index is 11.0. The van der Waals surface area contributed by atoms with Crippen molar-refractivity contribution in [3.63, 3.8) is 0 Å². The average Bonchev–Trinajstić information content (AvgIpc) is 2.74. The molecule has 0 radical (unpaired) electrons. The first-order valence-corrected chi connectivity index (χ1v) is 5.60. The molecular formula is C10H15N5O3. The van der Waals surface area contributed by atoms with Crippen molar-refractivity contribution in [3.8, 4) is 5.88 Å². The van der Waals surface area contributed by atoms with Crippen molar-refractivity contribution in [2.45, 2.75) is 12.5 Å². The van der Waals surface area contributed by atoms with Gasteiger partial charge in [0.1, 0.15) is 6.33 Å². The standard InChI is InChI=1S/C10H15N5O3/c1-14-4-3-7(5-14)13-9-8(15(16)17)10(18-2)12-6-11-9/h6-7H,3-5H2,1-2H3,(H,11,12,13). The van der Waals surface area contributed by atoms with Gasteiger partial charge >= 0.3 is 5.69 Å². The second kappa shape index (κ2) is 5.13. The zero-order valence-electron chi connectivity index (χ0n) is 10.3. The van der Waals surface area contributed by atoms with E-state index >= 15 is 0 Å². The number of rotatable bonds is 4. The second-order valence-corrected chi connectivity index (χ2v) is 4.23. The van der Waals surface area contributed by atoms with Crippen LogP contribution >= 0.6 is 0 Å². The lowest BCUT2D eigenvalue weighted by atomic mass is 10.2. The monoisotopic (exact) mass is 253 g/mol. The van der Waals surface area contributed by atoms with Gasteiger partial charge in [0.25, 0.3) is 5.88 Å². The molecule has 0 spiro atoms. The fourth-order valence-electron chi connectivity index (χ4n) is 2.03. The molecule has 1 aliphatic rings. The molecule has 0 aromatic carbocycles. The third kappa shape index (κ3) is 2.48. The Hall–Kier alpha value is -1.96. The van der Waals surface area contributed by atoms with E-state index in [9.17, 15) is 10.1 Å². The Morgan fingerprint density at radius 1 is 1.61 bits per heavy atom. The van der Waals surface area contributed by atoms with Gasteiger partial charge in [0, 0.05) is 12.6 Å². The Morgan fingerprint density at radius 2 is 2.39 bits per heavy atom. The van der Waals surface area contributed by atoms with Crippen LogP contribution in [0.3, 0.4) is 0 Å². The van der Waals surface area contributed by atoms with E-state index in [1.165, 1.54) is 13.4 Å². The summed E-state index contributed by atoms with van der Waals surface area (Å²) in [5.74, 6) is 0.191. The van der Waals surface area contributed by atoms with Crippen LogP contribution in [0, 0.1) is 10.1 Å². The van der Waals surface area contributed by atoms with E-state index < -0.39 is 4.92 Å². The summed E-state index contributed by atoms with van der Waals surface area (Å²) >= 11 is 0. The van der Waals surface area contributed by atoms with Gasteiger partial charge in [-0.05, 0) is 20.0 Å². The van der Waals surface area contributed by atoms with Gasteiger partial charge in [0.05, 0.1) is 12.0 Å². The first-order chi connectivity index (χ1) is 8.61. The van der Waals surface area contributed by atoms with E-state index in [0.717, 1.165) is 19.5 Å². The number of nitro groups is 1. The van der Waals surface area contributed by atoms with Crippen LogP contribution in [-0.4, -0.2) is 53.1 Å². The molecule has 8 heteroatoms. The number of nitrogens with one attached hydrogen (secondary N) is 1. The van der Waals surface area contributed by atoms with Gasteiger partial charge in [0.15, 0.2) is 0 Å². The van der Waals surface area contributed by atoms with Crippen molar-refractivity contribution in [1.82, 2.24) is 14.9 Å². The van der Waals surface area contributed by atoms with Crippen molar-refractivity contribution >= 4 is 11.5 Å². The second-order valence-electron chi connectivity index (χ2n) is 4.23. The topological polar surface area (TPSA) is 93.4 Å². The third-order valence-corrected chi connectivity index (χ3v) is 2.90. The summed E-state index contributed by atoms with van der Waals surface area (Å²) in [5, 5.41) is 14.1. The number of hydrogen-bond donors (Lipinski definition) is 1. The minimum atomic E-state index is -0.528. The van der Waals surface area contributed by atoms with E-state index in [1.54, 1.807) is 0 Å². The van der Waals surface area contributed by atoms with E-state index in [4.69, 9.17) is 4.74 Å². The van der Waals surface area contributed by atoms with Gasteiger partial charge in [-0.1, -0.05) is 0 Å². The summed E-state index contributed by atoms with van der Waals surface area (Å²) in [5.41, 5.74) is -0.213. The fourth-order valence-corrected chi connectivity index (χ4v) is 2.03. The summed E-state index contributed by atoms with van der Waals surface area (Å²) in [6.07, 6.45) is 2.19. The lowest BCUT2D eigenvalue weighted by molar-refractivity contribution is -0.385. The molecule has 8 nitrogen and oxygen atoms in total. The number of hydrogen-bond acceptors (Lipinski definition) is 7. The highest BCUT2D eigenvalue weighted by Gasteiger charge is 2.27. The molecule has 98 valence electrons. The van der Waals surface area contributed by atoms with Gasteiger partial charge in [0.2, 0.25) is 5.82 Å². The first kappa shape index (κ1) is 12.5. The van der Waals surface area contributed by atoms with Crippen LogP contribution in [0.15, 0.2) is 6.33 Å². The normalized spacial score (nSPS) is 19.8. The van der Waals surface area contributed by atoms with E-state index in [-0.39, 0.29) is 23.4 Å². The Bertz CT molecular complexity index is 453. The highest BCUT2D eigenvalue weighted by atomic mass is 16.6. The minimum absolute atomic E-state index is 0.0242. The fraction of sp³-hybridized carbons (Fsp3) is 0.600. The zero-order chi connectivity index (χ0) is 13.1. The lowest BCUT2D eigenvalue weighted by Crippen LogP contribution is -2.24. The van der Waals surface area contributed by atoms with Crippen LogP contribution in [-0.2, 0) is 0 Å². The number of aromatic nitrogens is 2. The number of likely N-dealkylation sites (tertiary alicyclic amines) is 1. The van der Waals surface area contributed by atoms with Crippen LogP contribution in [0.2, 0.25) is 0 Å². The zero-order valence-corrected chi connectivity index (χ0v) is 10.3. The van der Waals surface area contributed by atoms with Crippen LogP contribution in [0.4, 0.5) is 11.5 Å². The van der Waals surface area contributed by atoms with Gasteiger partial charge in [-0.15, -0.1) is 0 Å². The van der Waals surface area contributed by atoms with Crippen LogP contribution in [0.25, 0.3) is 0 Å². The summed E-state index contributed by atoms with van der Waals surface area (Å²) in [4.78, 5) is 20.3. The predicted molar refractivity (Wildman–Crippen MR) is 64.8 cm³/mol. The smallest absolute Gasteiger partial charge is 0.372 e. The van der Waals surface area contributed by atoms with E-state index in [1.807, 2.05) is 7.05 Å². The highest BCUT2D eigenvalue weighted by molar-refractivity contribution is 5.61. The van der Waals surface area contributed by atoms with Crippen molar-refractivity contribution in [2.24, 2.45) is 0 Å². The quantitative estimate of drug-likeness (QED) is 0.617. The van der Waals surface area contributed by atoms with Gasteiger partial charge < -0.3 is 15.0 Å². The van der Waals surface area contributed by atoms with Crippen molar-refractivity contribution < 1.29 is 9.66 Å². The number of ether oxygens (including phenoxy) is 1. The van der Waals surface area contributed by atoms with Gasteiger partial charge in [-0.25, -0.2) is 4.98 Å². The van der Waals surface area contributed by atoms with Crippen molar-refractivity contribution in [3.05, 3.63) is 16.4 Å². The van der Waals surface area contributed by atoms with Crippen molar-refractivity contribution in [1.29, 1.82) is 0 Å². The summed E-state index contributed by atoms with van der Waals surface area (Å²) < 4.78 is 4.89. The lowest BCUT2D eigenvalue weighted by Gasteiger charge is -2.13. The minimum Gasteiger partial charge on any atom is -0.476 e. The molecule has 1 fully saturated rings.